The lowest BCUT2D eigenvalue weighted by Crippen LogP contribution is -2.44. The zero-order valence-corrected chi connectivity index (χ0v) is 11.3. The summed E-state index contributed by atoms with van der Waals surface area (Å²) in [6, 6.07) is -0.132. The van der Waals surface area contributed by atoms with Crippen LogP contribution in [0.2, 0.25) is 0 Å². The molecule has 0 bridgehead atoms. The molecule has 0 aliphatic carbocycles. The Labute approximate surface area is 109 Å². The summed E-state index contributed by atoms with van der Waals surface area (Å²) in [4.78, 5) is 0. The molecule has 1 aliphatic rings. The first-order valence-corrected chi connectivity index (χ1v) is 6.44. The SMILES string of the molecule is CCn1ncc(Br)c1C(NN)C1COCCO1. The molecule has 1 saturated heterocycles. The van der Waals surface area contributed by atoms with E-state index < -0.39 is 0 Å². The van der Waals surface area contributed by atoms with Crippen LogP contribution in [0.3, 0.4) is 0 Å². The molecule has 17 heavy (non-hydrogen) atoms. The van der Waals surface area contributed by atoms with Gasteiger partial charge >= 0.3 is 0 Å². The van der Waals surface area contributed by atoms with Gasteiger partial charge in [-0.05, 0) is 22.9 Å². The smallest absolute Gasteiger partial charge is 0.103 e. The lowest BCUT2D eigenvalue weighted by molar-refractivity contribution is -0.103. The van der Waals surface area contributed by atoms with Crippen LogP contribution in [0, 0.1) is 0 Å². The van der Waals surface area contributed by atoms with Gasteiger partial charge in [-0.15, -0.1) is 0 Å². The standard InChI is InChI=1S/C10H17BrN4O2/c1-2-15-10(7(11)5-13-15)9(14-12)8-6-16-3-4-17-8/h5,8-9,14H,2-4,6,12H2,1H3. The molecule has 0 radical (unpaired) electrons. The van der Waals surface area contributed by atoms with Gasteiger partial charge in [-0.3, -0.25) is 10.5 Å². The van der Waals surface area contributed by atoms with Crippen LogP contribution >= 0.6 is 15.9 Å². The molecule has 2 unspecified atom stereocenters. The largest absolute Gasteiger partial charge is 0.376 e. The number of nitrogens with two attached hydrogens (primary N) is 1. The van der Waals surface area contributed by atoms with E-state index in [0.29, 0.717) is 19.8 Å². The summed E-state index contributed by atoms with van der Waals surface area (Å²) < 4.78 is 13.9. The Kier molecular flexibility index (Phi) is 4.52. The van der Waals surface area contributed by atoms with Crippen molar-refractivity contribution in [3.8, 4) is 0 Å². The van der Waals surface area contributed by atoms with E-state index in [4.69, 9.17) is 15.3 Å². The summed E-state index contributed by atoms with van der Waals surface area (Å²) >= 11 is 3.49. The topological polar surface area (TPSA) is 74.3 Å². The molecule has 1 aromatic heterocycles. The Balaban J connectivity index is 2.23. The normalized spacial score (nSPS) is 22.6. The Morgan fingerprint density at radius 3 is 3.12 bits per heavy atom. The Bertz CT molecular complexity index is 365. The summed E-state index contributed by atoms with van der Waals surface area (Å²) in [6.07, 6.45) is 1.68. The van der Waals surface area contributed by atoms with Crippen molar-refractivity contribution >= 4 is 15.9 Å². The maximum absolute atomic E-state index is 5.68. The van der Waals surface area contributed by atoms with Crippen molar-refractivity contribution < 1.29 is 9.47 Å². The van der Waals surface area contributed by atoms with Gasteiger partial charge in [-0.1, -0.05) is 0 Å². The molecule has 96 valence electrons. The van der Waals surface area contributed by atoms with E-state index in [1.165, 1.54) is 0 Å². The van der Waals surface area contributed by atoms with Gasteiger partial charge in [0.1, 0.15) is 6.10 Å². The fourth-order valence-corrected chi connectivity index (χ4v) is 2.54. The van der Waals surface area contributed by atoms with Gasteiger partial charge < -0.3 is 9.47 Å². The zero-order valence-electron chi connectivity index (χ0n) is 9.73. The van der Waals surface area contributed by atoms with Gasteiger partial charge in [-0.25, -0.2) is 5.43 Å². The monoisotopic (exact) mass is 304 g/mol. The predicted octanol–water partition coefficient (Wildman–Crippen LogP) is 0.585. The molecule has 2 heterocycles. The summed E-state index contributed by atoms with van der Waals surface area (Å²) in [5, 5.41) is 4.28. The van der Waals surface area contributed by atoms with Crippen LogP contribution in [0.15, 0.2) is 10.7 Å². The van der Waals surface area contributed by atoms with E-state index in [1.807, 2.05) is 11.6 Å². The molecule has 7 heteroatoms. The summed E-state index contributed by atoms with van der Waals surface area (Å²) in [7, 11) is 0. The number of ether oxygens (including phenoxy) is 2. The Morgan fingerprint density at radius 2 is 2.53 bits per heavy atom. The minimum Gasteiger partial charge on any atom is -0.376 e. The number of nitrogens with zero attached hydrogens (tertiary/aromatic N) is 2. The first-order chi connectivity index (χ1) is 8.27. The third kappa shape index (κ3) is 2.69. The third-order valence-electron chi connectivity index (χ3n) is 2.82. The van der Waals surface area contributed by atoms with E-state index in [9.17, 15) is 0 Å². The Morgan fingerprint density at radius 1 is 1.71 bits per heavy atom. The molecule has 6 nitrogen and oxygen atoms in total. The minimum absolute atomic E-state index is 0.0907. The highest BCUT2D eigenvalue weighted by molar-refractivity contribution is 9.10. The lowest BCUT2D eigenvalue weighted by Gasteiger charge is -2.30. The van der Waals surface area contributed by atoms with Crippen LogP contribution in [0.4, 0.5) is 0 Å². The molecular weight excluding hydrogens is 288 g/mol. The molecule has 2 atom stereocenters. The van der Waals surface area contributed by atoms with Crippen molar-refractivity contribution in [2.45, 2.75) is 25.6 Å². The van der Waals surface area contributed by atoms with Gasteiger partial charge in [0.15, 0.2) is 0 Å². The van der Waals surface area contributed by atoms with Crippen LogP contribution < -0.4 is 11.3 Å². The second-order valence-electron chi connectivity index (χ2n) is 3.82. The Hall–Kier alpha value is -0.470. The average Bonchev–Trinajstić information content (AvgIpc) is 2.74. The van der Waals surface area contributed by atoms with E-state index in [1.54, 1.807) is 6.20 Å². The molecule has 0 saturated carbocycles. The molecular formula is C10H17BrN4O2. The number of halogens is 1. The van der Waals surface area contributed by atoms with E-state index >= 15 is 0 Å². The van der Waals surface area contributed by atoms with E-state index in [-0.39, 0.29) is 12.1 Å². The van der Waals surface area contributed by atoms with Crippen molar-refractivity contribution in [2.24, 2.45) is 5.84 Å². The second-order valence-corrected chi connectivity index (χ2v) is 4.68. The fourth-order valence-electron chi connectivity index (χ4n) is 1.99. The number of hydrogen-bond acceptors (Lipinski definition) is 5. The molecule has 0 spiro atoms. The summed E-state index contributed by atoms with van der Waals surface area (Å²) in [6.45, 7) is 4.60. The maximum Gasteiger partial charge on any atom is 0.103 e. The van der Waals surface area contributed by atoms with E-state index in [2.05, 4.69) is 26.5 Å². The number of aromatic nitrogens is 2. The molecule has 1 aromatic rings. The summed E-state index contributed by atoms with van der Waals surface area (Å²) in [5.74, 6) is 5.64. The zero-order chi connectivity index (χ0) is 12.3. The quantitative estimate of drug-likeness (QED) is 0.629. The number of aryl methyl sites for hydroxylation is 1. The third-order valence-corrected chi connectivity index (χ3v) is 3.43. The van der Waals surface area contributed by atoms with Crippen molar-refractivity contribution in [2.75, 3.05) is 19.8 Å². The van der Waals surface area contributed by atoms with Gasteiger partial charge in [0, 0.05) is 6.54 Å². The van der Waals surface area contributed by atoms with Crippen LogP contribution in [0.5, 0.6) is 0 Å². The van der Waals surface area contributed by atoms with Crippen molar-refractivity contribution in [3.05, 3.63) is 16.4 Å². The van der Waals surface area contributed by atoms with Crippen molar-refractivity contribution in [1.82, 2.24) is 15.2 Å². The van der Waals surface area contributed by atoms with Crippen LogP contribution in [0.1, 0.15) is 18.7 Å². The van der Waals surface area contributed by atoms with Crippen molar-refractivity contribution in [1.29, 1.82) is 0 Å². The highest BCUT2D eigenvalue weighted by atomic mass is 79.9. The highest BCUT2D eigenvalue weighted by Gasteiger charge is 2.30. The number of hydrazine groups is 1. The number of rotatable bonds is 4. The first-order valence-electron chi connectivity index (χ1n) is 5.64. The number of nitrogens with one attached hydrogen (secondary N) is 1. The van der Waals surface area contributed by atoms with Crippen LogP contribution in [0.25, 0.3) is 0 Å². The number of hydrogen-bond donors (Lipinski definition) is 2. The minimum atomic E-state index is -0.132. The van der Waals surface area contributed by atoms with Gasteiger partial charge in [0.2, 0.25) is 0 Å². The molecule has 1 aliphatic heterocycles. The molecule has 1 fully saturated rings. The first kappa shape index (κ1) is 13.0. The maximum atomic E-state index is 5.68. The van der Waals surface area contributed by atoms with Crippen LogP contribution in [-0.2, 0) is 16.0 Å². The van der Waals surface area contributed by atoms with Gasteiger partial charge in [0.25, 0.3) is 0 Å². The fraction of sp³-hybridized carbons (Fsp3) is 0.700. The van der Waals surface area contributed by atoms with Crippen LogP contribution in [-0.4, -0.2) is 35.7 Å². The average molecular weight is 305 g/mol. The summed E-state index contributed by atoms with van der Waals surface area (Å²) in [5.41, 5.74) is 3.79. The molecule has 0 amide bonds. The van der Waals surface area contributed by atoms with Crippen molar-refractivity contribution in [3.63, 3.8) is 0 Å². The predicted molar refractivity (Wildman–Crippen MR) is 66.2 cm³/mol. The van der Waals surface area contributed by atoms with E-state index in [0.717, 1.165) is 16.7 Å². The molecule has 3 N–H and O–H groups in total. The molecule has 2 rings (SSSR count). The molecule has 0 aromatic carbocycles. The lowest BCUT2D eigenvalue weighted by atomic mass is 10.1. The van der Waals surface area contributed by atoms with Gasteiger partial charge in [0.05, 0.1) is 42.2 Å². The highest BCUT2D eigenvalue weighted by Crippen LogP contribution is 2.27. The van der Waals surface area contributed by atoms with Gasteiger partial charge in [-0.2, -0.15) is 5.10 Å². The second kappa shape index (κ2) is 5.92.